The molecule has 2 atom stereocenters. The molecule has 0 aromatic heterocycles. The van der Waals surface area contributed by atoms with Gasteiger partial charge in [-0.1, -0.05) is 60.7 Å². The molecule has 0 amide bonds. The number of aliphatic hydroxyl groups is 1. The molecule has 112 valence electrons. The average molecular weight is 284 g/mol. The number of methoxy groups -OCH3 is 1. The summed E-state index contributed by atoms with van der Waals surface area (Å²) in [5, 5.41) is 10.3. The molecule has 0 saturated heterocycles. The molecule has 2 rings (SSSR count). The predicted octanol–water partition coefficient (Wildman–Crippen LogP) is 3.63. The highest BCUT2D eigenvalue weighted by molar-refractivity contribution is 5.15. The maximum Gasteiger partial charge on any atom is 0.0833 e. The number of hydrogen-bond donors (Lipinski definition) is 1. The molecule has 0 radical (unpaired) electrons. The second-order valence-electron chi connectivity index (χ2n) is 5.39. The second-order valence-corrected chi connectivity index (χ2v) is 5.39. The van der Waals surface area contributed by atoms with Crippen molar-refractivity contribution in [2.24, 2.45) is 0 Å². The summed E-state index contributed by atoms with van der Waals surface area (Å²) in [4.78, 5) is 0. The first-order valence-corrected chi connectivity index (χ1v) is 7.58. The summed E-state index contributed by atoms with van der Waals surface area (Å²) in [5.74, 6) is 0. The minimum atomic E-state index is -0.418. The molecule has 2 aromatic carbocycles. The third-order valence-electron chi connectivity index (χ3n) is 3.86. The number of hydrogen-bond acceptors (Lipinski definition) is 2. The van der Waals surface area contributed by atoms with Gasteiger partial charge in [-0.15, -0.1) is 0 Å². The summed E-state index contributed by atoms with van der Waals surface area (Å²) in [6, 6.07) is 20.6. The van der Waals surface area contributed by atoms with E-state index in [-0.39, 0.29) is 6.10 Å². The third kappa shape index (κ3) is 5.33. The van der Waals surface area contributed by atoms with E-state index in [9.17, 15) is 5.11 Å². The molecular formula is C19H24O2. The van der Waals surface area contributed by atoms with Crippen molar-refractivity contribution in [3.8, 4) is 0 Å². The van der Waals surface area contributed by atoms with Crippen LogP contribution in [0, 0.1) is 0 Å². The first-order valence-electron chi connectivity index (χ1n) is 7.58. The molecule has 0 saturated carbocycles. The lowest BCUT2D eigenvalue weighted by molar-refractivity contribution is -0.0194. The summed E-state index contributed by atoms with van der Waals surface area (Å²) >= 11 is 0. The molecule has 0 spiro atoms. The van der Waals surface area contributed by atoms with Gasteiger partial charge in [-0.05, 0) is 36.8 Å². The minimum Gasteiger partial charge on any atom is -0.390 e. The Kier molecular flexibility index (Phi) is 6.45. The summed E-state index contributed by atoms with van der Waals surface area (Å²) < 4.78 is 5.47. The van der Waals surface area contributed by atoms with Gasteiger partial charge in [-0.3, -0.25) is 0 Å². The average Bonchev–Trinajstić information content (AvgIpc) is 2.55. The Morgan fingerprint density at radius 2 is 1.29 bits per heavy atom. The SMILES string of the molecule is COC(CCc1ccccc1)C(O)CCc1ccccc1. The van der Waals surface area contributed by atoms with E-state index in [2.05, 4.69) is 24.3 Å². The lowest BCUT2D eigenvalue weighted by Crippen LogP contribution is -2.29. The lowest BCUT2D eigenvalue weighted by Gasteiger charge is -2.21. The molecule has 21 heavy (non-hydrogen) atoms. The van der Waals surface area contributed by atoms with E-state index in [1.54, 1.807) is 7.11 Å². The fraction of sp³-hybridized carbons (Fsp3) is 0.368. The van der Waals surface area contributed by atoms with Gasteiger partial charge in [0.25, 0.3) is 0 Å². The van der Waals surface area contributed by atoms with Crippen LogP contribution in [0.5, 0.6) is 0 Å². The summed E-state index contributed by atoms with van der Waals surface area (Å²) in [6.45, 7) is 0. The first kappa shape index (κ1) is 15.7. The summed E-state index contributed by atoms with van der Waals surface area (Å²) in [6.07, 6.45) is 2.87. The zero-order valence-electron chi connectivity index (χ0n) is 12.6. The molecule has 0 aliphatic rings. The molecule has 0 heterocycles. The zero-order valence-corrected chi connectivity index (χ0v) is 12.6. The highest BCUT2D eigenvalue weighted by atomic mass is 16.5. The van der Waals surface area contributed by atoms with Crippen LogP contribution in [-0.4, -0.2) is 24.4 Å². The first-order chi connectivity index (χ1) is 10.3. The van der Waals surface area contributed by atoms with Gasteiger partial charge < -0.3 is 9.84 Å². The van der Waals surface area contributed by atoms with Gasteiger partial charge in [-0.25, -0.2) is 0 Å². The van der Waals surface area contributed by atoms with Crippen molar-refractivity contribution in [2.75, 3.05) is 7.11 Å². The van der Waals surface area contributed by atoms with Crippen LogP contribution in [0.2, 0.25) is 0 Å². The van der Waals surface area contributed by atoms with Crippen LogP contribution < -0.4 is 0 Å². The second kappa shape index (κ2) is 8.60. The van der Waals surface area contributed by atoms with E-state index in [1.165, 1.54) is 11.1 Å². The van der Waals surface area contributed by atoms with E-state index in [4.69, 9.17) is 4.74 Å². The molecule has 2 unspecified atom stereocenters. The van der Waals surface area contributed by atoms with Crippen molar-refractivity contribution < 1.29 is 9.84 Å². The van der Waals surface area contributed by atoms with Crippen molar-refractivity contribution in [1.29, 1.82) is 0 Å². The van der Waals surface area contributed by atoms with Gasteiger partial charge in [0.2, 0.25) is 0 Å². The van der Waals surface area contributed by atoms with Crippen molar-refractivity contribution in [1.82, 2.24) is 0 Å². The monoisotopic (exact) mass is 284 g/mol. The molecule has 0 fully saturated rings. The highest BCUT2D eigenvalue weighted by Crippen LogP contribution is 2.14. The molecule has 2 heteroatoms. The van der Waals surface area contributed by atoms with Gasteiger partial charge in [0.05, 0.1) is 12.2 Å². The summed E-state index contributed by atoms with van der Waals surface area (Å²) in [5.41, 5.74) is 2.55. The number of aryl methyl sites for hydroxylation is 2. The van der Waals surface area contributed by atoms with Gasteiger partial charge in [0.1, 0.15) is 0 Å². The highest BCUT2D eigenvalue weighted by Gasteiger charge is 2.18. The lowest BCUT2D eigenvalue weighted by atomic mass is 9.98. The molecule has 2 nitrogen and oxygen atoms in total. The van der Waals surface area contributed by atoms with E-state index in [0.29, 0.717) is 0 Å². The molecule has 0 aliphatic heterocycles. The van der Waals surface area contributed by atoms with E-state index in [1.807, 2.05) is 36.4 Å². The quantitative estimate of drug-likeness (QED) is 0.802. The Hall–Kier alpha value is -1.64. The van der Waals surface area contributed by atoms with Crippen LogP contribution in [0.1, 0.15) is 24.0 Å². The van der Waals surface area contributed by atoms with Crippen LogP contribution in [0.15, 0.2) is 60.7 Å². The minimum absolute atomic E-state index is 0.103. The number of aliphatic hydroxyl groups excluding tert-OH is 1. The normalized spacial score (nSPS) is 13.8. The van der Waals surface area contributed by atoms with E-state index in [0.717, 1.165) is 25.7 Å². The van der Waals surface area contributed by atoms with Crippen LogP contribution >= 0.6 is 0 Å². The number of ether oxygens (including phenoxy) is 1. The largest absolute Gasteiger partial charge is 0.390 e. The van der Waals surface area contributed by atoms with Crippen molar-refractivity contribution in [2.45, 2.75) is 37.9 Å². The molecule has 0 aliphatic carbocycles. The molecule has 1 N–H and O–H groups in total. The maximum absolute atomic E-state index is 10.3. The number of benzene rings is 2. The fourth-order valence-corrected chi connectivity index (χ4v) is 2.57. The van der Waals surface area contributed by atoms with Gasteiger partial charge in [0.15, 0.2) is 0 Å². The van der Waals surface area contributed by atoms with Crippen molar-refractivity contribution in [3.63, 3.8) is 0 Å². The Labute approximate surface area is 127 Å². The van der Waals surface area contributed by atoms with E-state index >= 15 is 0 Å². The predicted molar refractivity (Wildman–Crippen MR) is 86.3 cm³/mol. The molecule has 0 bridgehead atoms. The third-order valence-corrected chi connectivity index (χ3v) is 3.86. The number of rotatable bonds is 8. The van der Waals surface area contributed by atoms with Crippen molar-refractivity contribution in [3.05, 3.63) is 71.8 Å². The Bertz CT molecular complexity index is 495. The Morgan fingerprint density at radius 3 is 1.76 bits per heavy atom. The van der Waals surface area contributed by atoms with Crippen LogP contribution in [0.3, 0.4) is 0 Å². The van der Waals surface area contributed by atoms with Crippen LogP contribution in [0.4, 0.5) is 0 Å². The van der Waals surface area contributed by atoms with Crippen molar-refractivity contribution >= 4 is 0 Å². The van der Waals surface area contributed by atoms with E-state index < -0.39 is 6.10 Å². The summed E-state index contributed by atoms with van der Waals surface area (Å²) in [7, 11) is 1.68. The van der Waals surface area contributed by atoms with Crippen LogP contribution in [-0.2, 0) is 17.6 Å². The smallest absolute Gasteiger partial charge is 0.0833 e. The van der Waals surface area contributed by atoms with Gasteiger partial charge >= 0.3 is 0 Å². The standard InChI is InChI=1S/C19H24O2/c1-21-19(15-13-17-10-6-3-7-11-17)18(20)14-12-16-8-4-2-5-9-16/h2-11,18-20H,12-15H2,1H3. The fourth-order valence-electron chi connectivity index (χ4n) is 2.57. The van der Waals surface area contributed by atoms with Crippen LogP contribution in [0.25, 0.3) is 0 Å². The topological polar surface area (TPSA) is 29.5 Å². The van der Waals surface area contributed by atoms with Gasteiger partial charge in [0, 0.05) is 7.11 Å². The Morgan fingerprint density at radius 1 is 0.810 bits per heavy atom. The zero-order chi connectivity index (χ0) is 14.9. The molecule has 2 aromatic rings. The maximum atomic E-state index is 10.3. The van der Waals surface area contributed by atoms with Gasteiger partial charge in [-0.2, -0.15) is 0 Å². The molecular weight excluding hydrogens is 260 g/mol. The Balaban J connectivity index is 1.79.